The van der Waals surface area contributed by atoms with Crippen LogP contribution in [-0.2, 0) is 0 Å². The maximum Gasteiger partial charge on any atom is 0.191 e. The number of nitrogen functional groups attached to an aromatic ring is 1. The first kappa shape index (κ1) is 12.6. The van der Waals surface area contributed by atoms with E-state index in [1.165, 1.54) is 30.0 Å². The van der Waals surface area contributed by atoms with Gasteiger partial charge in [-0.2, -0.15) is 0 Å². The molecule has 0 atom stereocenters. The summed E-state index contributed by atoms with van der Waals surface area (Å²) in [5.74, 6) is -1.31. The van der Waals surface area contributed by atoms with Crippen molar-refractivity contribution in [3.8, 4) is 0 Å². The Morgan fingerprint density at radius 1 is 1.28 bits per heavy atom. The van der Waals surface area contributed by atoms with Crippen LogP contribution in [0.25, 0.3) is 0 Å². The summed E-state index contributed by atoms with van der Waals surface area (Å²) in [7, 11) is 0. The molecule has 0 aliphatic rings. The molecule has 3 N–H and O–H groups in total. The van der Waals surface area contributed by atoms with Crippen LogP contribution in [0.2, 0.25) is 0 Å². The van der Waals surface area contributed by atoms with Gasteiger partial charge < -0.3 is 11.1 Å². The van der Waals surface area contributed by atoms with E-state index in [-0.39, 0.29) is 11.5 Å². The number of thioether (sulfide) groups is 1. The minimum atomic E-state index is -0.958. The fraction of sp³-hybridized carbons (Fsp3) is 0.0909. The molecule has 1 aromatic carbocycles. The van der Waals surface area contributed by atoms with Crippen LogP contribution >= 0.6 is 11.8 Å². The lowest BCUT2D eigenvalue weighted by molar-refractivity contribution is 0.511. The number of hydrogen-bond acceptors (Lipinski definition) is 5. The van der Waals surface area contributed by atoms with Crippen molar-refractivity contribution in [2.24, 2.45) is 0 Å². The van der Waals surface area contributed by atoms with Crippen molar-refractivity contribution in [3.63, 3.8) is 0 Å². The molecular weight excluding hydrogens is 258 g/mol. The Labute approximate surface area is 107 Å². The second-order valence-corrected chi connectivity index (χ2v) is 4.16. The molecule has 1 heterocycles. The molecule has 0 bridgehead atoms. The number of benzene rings is 1. The number of hydrogen-bond donors (Lipinski definition) is 2. The van der Waals surface area contributed by atoms with Crippen molar-refractivity contribution in [1.29, 1.82) is 0 Å². The summed E-state index contributed by atoms with van der Waals surface area (Å²) in [4.78, 5) is 8.05. The Balaban J connectivity index is 2.34. The fourth-order valence-corrected chi connectivity index (χ4v) is 1.72. The van der Waals surface area contributed by atoms with Gasteiger partial charge in [0.1, 0.15) is 11.6 Å². The monoisotopic (exact) mass is 268 g/mol. The van der Waals surface area contributed by atoms with Crippen LogP contribution < -0.4 is 11.1 Å². The highest BCUT2D eigenvalue weighted by atomic mass is 32.2. The van der Waals surface area contributed by atoms with Crippen LogP contribution in [0.5, 0.6) is 0 Å². The van der Waals surface area contributed by atoms with Crippen molar-refractivity contribution in [2.75, 3.05) is 17.3 Å². The average molecular weight is 268 g/mol. The highest BCUT2D eigenvalue weighted by molar-refractivity contribution is 7.98. The number of aromatic nitrogens is 2. The minimum absolute atomic E-state index is 0.000142. The number of nitrogens with two attached hydrogens (primary N) is 1. The van der Waals surface area contributed by atoms with Gasteiger partial charge in [0.05, 0.1) is 5.69 Å². The first-order valence-corrected chi connectivity index (χ1v) is 6.22. The van der Waals surface area contributed by atoms with Gasteiger partial charge in [-0.15, -0.1) is 0 Å². The molecular formula is C11H10F2N4S. The Kier molecular flexibility index (Phi) is 3.61. The van der Waals surface area contributed by atoms with E-state index < -0.39 is 11.6 Å². The van der Waals surface area contributed by atoms with Gasteiger partial charge >= 0.3 is 0 Å². The van der Waals surface area contributed by atoms with Gasteiger partial charge in [0.25, 0.3) is 0 Å². The molecule has 2 rings (SSSR count). The molecule has 18 heavy (non-hydrogen) atoms. The summed E-state index contributed by atoms with van der Waals surface area (Å²) >= 11 is 1.30. The smallest absolute Gasteiger partial charge is 0.191 e. The summed E-state index contributed by atoms with van der Waals surface area (Å²) < 4.78 is 26.5. The van der Waals surface area contributed by atoms with Crippen molar-refractivity contribution in [2.45, 2.75) is 5.16 Å². The van der Waals surface area contributed by atoms with E-state index >= 15 is 0 Å². The maximum absolute atomic E-state index is 13.5. The van der Waals surface area contributed by atoms with Crippen LogP contribution in [-0.4, -0.2) is 16.2 Å². The van der Waals surface area contributed by atoms with Gasteiger partial charge in [-0.3, -0.25) is 0 Å². The highest BCUT2D eigenvalue weighted by Gasteiger charge is 2.09. The van der Waals surface area contributed by atoms with Crippen LogP contribution in [0.4, 0.5) is 26.1 Å². The van der Waals surface area contributed by atoms with E-state index in [0.717, 1.165) is 6.07 Å². The molecule has 0 unspecified atom stereocenters. The standard InChI is InChI=1S/C11H10F2N4S/c1-18-11-16-8(14)5-9(17-11)15-7-4-2-3-6(12)10(7)13/h2-5H,1H3,(H3,14,15,16,17). The third-order valence-corrected chi connectivity index (χ3v) is 2.67. The second-order valence-electron chi connectivity index (χ2n) is 3.39. The first-order chi connectivity index (χ1) is 8.60. The number of nitrogens with zero attached hydrogens (tertiary/aromatic N) is 2. The number of anilines is 3. The van der Waals surface area contributed by atoms with Crippen molar-refractivity contribution >= 4 is 29.1 Å². The molecule has 0 radical (unpaired) electrons. The van der Waals surface area contributed by atoms with E-state index in [9.17, 15) is 8.78 Å². The quantitative estimate of drug-likeness (QED) is 0.662. The first-order valence-electron chi connectivity index (χ1n) is 4.99. The normalized spacial score (nSPS) is 10.4. The number of rotatable bonds is 3. The summed E-state index contributed by atoms with van der Waals surface area (Å²) in [5, 5.41) is 3.12. The second kappa shape index (κ2) is 5.18. The van der Waals surface area contributed by atoms with Crippen LogP contribution in [0.3, 0.4) is 0 Å². The Morgan fingerprint density at radius 2 is 2.06 bits per heavy atom. The summed E-state index contributed by atoms with van der Waals surface area (Å²) in [5.41, 5.74) is 5.58. The average Bonchev–Trinajstić information content (AvgIpc) is 2.34. The van der Waals surface area contributed by atoms with Gasteiger partial charge in [-0.05, 0) is 18.4 Å². The van der Waals surface area contributed by atoms with Crippen LogP contribution in [0, 0.1) is 11.6 Å². The van der Waals surface area contributed by atoms with E-state index in [2.05, 4.69) is 15.3 Å². The predicted molar refractivity (Wildman–Crippen MR) is 67.9 cm³/mol. The minimum Gasteiger partial charge on any atom is -0.383 e. The molecule has 7 heteroatoms. The molecule has 0 aliphatic carbocycles. The van der Waals surface area contributed by atoms with Gasteiger partial charge in [0, 0.05) is 6.07 Å². The van der Waals surface area contributed by atoms with E-state index in [1.54, 1.807) is 6.26 Å². The van der Waals surface area contributed by atoms with Crippen LogP contribution in [0.1, 0.15) is 0 Å². The zero-order valence-corrected chi connectivity index (χ0v) is 10.3. The molecule has 0 amide bonds. The largest absolute Gasteiger partial charge is 0.383 e. The number of nitrogens with one attached hydrogen (secondary N) is 1. The molecule has 4 nitrogen and oxygen atoms in total. The zero-order chi connectivity index (χ0) is 13.1. The Hall–Kier alpha value is -1.89. The number of halogens is 2. The molecule has 0 spiro atoms. The Morgan fingerprint density at radius 3 is 2.78 bits per heavy atom. The topological polar surface area (TPSA) is 63.8 Å². The highest BCUT2D eigenvalue weighted by Crippen LogP contribution is 2.22. The lowest BCUT2D eigenvalue weighted by atomic mass is 10.3. The van der Waals surface area contributed by atoms with Crippen molar-refractivity contribution in [3.05, 3.63) is 35.9 Å². The third-order valence-electron chi connectivity index (χ3n) is 2.12. The molecule has 94 valence electrons. The molecule has 1 aromatic heterocycles. The molecule has 0 fully saturated rings. The molecule has 2 aromatic rings. The van der Waals surface area contributed by atoms with Gasteiger partial charge in [0.2, 0.25) is 0 Å². The third kappa shape index (κ3) is 2.67. The van der Waals surface area contributed by atoms with E-state index in [0.29, 0.717) is 11.0 Å². The van der Waals surface area contributed by atoms with Crippen molar-refractivity contribution < 1.29 is 8.78 Å². The van der Waals surface area contributed by atoms with Crippen molar-refractivity contribution in [1.82, 2.24) is 9.97 Å². The SMILES string of the molecule is CSc1nc(N)cc(Nc2cccc(F)c2F)n1. The predicted octanol–water partition coefficient (Wildman–Crippen LogP) is 2.80. The zero-order valence-electron chi connectivity index (χ0n) is 9.45. The van der Waals surface area contributed by atoms with Crippen LogP contribution in [0.15, 0.2) is 29.4 Å². The molecule has 0 saturated heterocycles. The van der Waals surface area contributed by atoms with Gasteiger partial charge in [0.15, 0.2) is 16.8 Å². The molecule has 0 saturated carbocycles. The molecule has 0 aliphatic heterocycles. The summed E-state index contributed by atoms with van der Waals surface area (Å²) in [6.07, 6.45) is 1.79. The maximum atomic E-state index is 13.5. The lowest BCUT2D eigenvalue weighted by Gasteiger charge is -2.08. The van der Waals surface area contributed by atoms with E-state index in [4.69, 9.17) is 5.73 Å². The van der Waals surface area contributed by atoms with Gasteiger partial charge in [-0.25, -0.2) is 18.7 Å². The van der Waals surface area contributed by atoms with Gasteiger partial charge in [-0.1, -0.05) is 17.8 Å². The lowest BCUT2D eigenvalue weighted by Crippen LogP contribution is -2.02. The Bertz CT molecular complexity index is 577. The summed E-state index contributed by atoms with van der Waals surface area (Å²) in [6.45, 7) is 0. The van der Waals surface area contributed by atoms with E-state index in [1.807, 2.05) is 0 Å². The fourth-order valence-electron chi connectivity index (χ4n) is 1.34. The summed E-state index contributed by atoms with van der Waals surface area (Å²) in [6, 6.07) is 5.31.